The summed E-state index contributed by atoms with van der Waals surface area (Å²) in [6, 6.07) is 9.90. The van der Waals surface area contributed by atoms with Crippen molar-refractivity contribution in [3.8, 4) is 5.75 Å². The lowest BCUT2D eigenvalue weighted by atomic mass is 10.2. The van der Waals surface area contributed by atoms with Crippen molar-refractivity contribution in [1.29, 1.82) is 0 Å². The second-order valence-corrected chi connectivity index (χ2v) is 4.32. The first-order chi connectivity index (χ1) is 8.95. The van der Waals surface area contributed by atoms with Crippen LogP contribution in [0.15, 0.2) is 30.3 Å². The Morgan fingerprint density at radius 2 is 2.17 bits per heavy atom. The molecule has 4 nitrogen and oxygen atoms in total. The van der Waals surface area contributed by atoms with Gasteiger partial charge in [0.1, 0.15) is 12.5 Å². The summed E-state index contributed by atoms with van der Waals surface area (Å²) in [5.74, 6) is 0.935. The maximum absolute atomic E-state index is 5.61. The second kappa shape index (κ2) is 8.08. The van der Waals surface area contributed by atoms with Gasteiger partial charge in [-0.2, -0.15) is 0 Å². The van der Waals surface area contributed by atoms with Gasteiger partial charge in [-0.25, -0.2) is 0 Å². The summed E-state index contributed by atoms with van der Waals surface area (Å²) in [7, 11) is 0. The zero-order valence-electron chi connectivity index (χ0n) is 10.6. The lowest BCUT2D eigenvalue weighted by Crippen LogP contribution is -2.34. The average molecular weight is 251 g/mol. The second-order valence-electron chi connectivity index (χ2n) is 4.32. The van der Waals surface area contributed by atoms with Gasteiger partial charge in [-0.15, -0.1) is 0 Å². The molecule has 0 saturated carbocycles. The zero-order chi connectivity index (χ0) is 12.5. The molecule has 1 aromatic carbocycles. The third-order valence-corrected chi connectivity index (χ3v) is 2.85. The first-order valence-electron chi connectivity index (χ1n) is 6.53. The third kappa shape index (κ3) is 5.04. The number of nitrogens with one attached hydrogen (secondary N) is 1. The van der Waals surface area contributed by atoms with Gasteiger partial charge in [0.25, 0.3) is 0 Å². The van der Waals surface area contributed by atoms with Crippen molar-refractivity contribution in [3.63, 3.8) is 0 Å². The Balaban J connectivity index is 1.46. The van der Waals surface area contributed by atoms with Crippen molar-refractivity contribution in [1.82, 2.24) is 5.32 Å². The average Bonchev–Trinajstić information content (AvgIpc) is 2.45. The topological polar surface area (TPSA) is 39.7 Å². The Labute approximate surface area is 108 Å². The molecule has 1 N–H and O–H groups in total. The molecule has 0 aromatic heterocycles. The van der Waals surface area contributed by atoms with Crippen molar-refractivity contribution in [2.24, 2.45) is 0 Å². The molecule has 1 heterocycles. The summed E-state index contributed by atoms with van der Waals surface area (Å²) in [5.41, 5.74) is 0. The molecule has 1 aliphatic heterocycles. The minimum atomic E-state index is 0.300. The molecule has 1 aromatic rings. The fourth-order valence-corrected chi connectivity index (χ4v) is 1.83. The molecule has 4 heteroatoms. The summed E-state index contributed by atoms with van der Waals surface area (Å²) in [4.78, 5) is 0. The Kier molecular flexibility index (Phi) is 5.99. The Hall–Kier alpha value is -1.10. The minimum absolute atomic E-state index is 0.300. The summed E-state index contributed by atoms with van der Waals surface area (Å²) < 4.78 is 16.2. The van der Waals surface area contributed by atoms with E-state index in [1.807, 2.05) is 30.3 Å². The predicted octanol–water partition coefficient (Wildman–Crippen LogP) is 1.81. The molecule has 1 fully saturated rings. The Bertz CT molecular complexity index is 312. The van der Waals surface area contributed by atoms with Crippen LogP contribution in [0, 0.1) is 0 Å². The molecule has 1 unspecified atom stereocenters. The molecule has 1 atom stereocenters. The molecule has 0 radical (unpaired) electrons. The predicted molar refractivity (Wildman–Crippen MR) is 69.7 cm³/mol. The summed E-state index contributed by atoms with van der Waals surface area (Å²) >= 11 is 0. The number of hydrogen-bond donors (Lipinski definition) is 1. The van der Waals surface area contributed by atoms with Gasteiger partial charge in [0, 0.05) is 6.54 Å². The van der Waals surface area contributed by atoms with Crippen LogP contribution < -0.4 is 10.1 Å². The highest BCUT2D eigenvalue weighted by molar-refractivity contribution is 5.20. The van der Waals surface area contributed by atoms with Gasteiger partial charge in [0.05, 0.1) is 19.3 Å². The van der Waals surface area contributed by atoms with Gasteiger partial charge in [0.15, 0.2) is 0 Å². The van der Waals surface area contributed by atoms with Crippen molar-refractivity contribution in [2.75, 3.05) is 33.1 Å². The van der Waals surface area contributed by atoms with Gasteiger partial charge in [-0.05, 0) is 31.5 Å². The van der Waals surface area contributed by atoms with Crippen LogP contribution >= 0.6 is 0 Å². The maximum atomic E-state index is 5.61. The standard InChI is InChI=1S/C14H21NO3/c1-2-5-13(6-3-1)17-9-4-8-15-11-14-7-10-16-12-18-14/h1-3,5-6,14-15H,4,7-12H2. The van der Waals surface area contributed by atoms with E-state index in [0.717, 1.165) is 44.9 Å². The van der Waals surface area contributed by atoms with Gasteiger partial charge in [0.2, 0.25) is 0 Å². The van der Waals surface area contributed by atoms with Crippen LogP contribution in [-0.2, 0) is 9.47 Å². The van der Waals surface area contributed by atoms with Gasteiger partial charge in [-0.3, -0.25) is 0 Å². The van der Waals surface area contributed by atoms with Crippen LogP contribution in [0.3, 0.4) is 0 Å². The summed E-state index contributed by atoms with van der Waals surface area (Å²) in [5, 5.41) is 3.38. The van der Waals surface area contributed by atoms with E-state index in [9.17, 15) is 0 Å². The number of benzene rings is 1. The lowest BCUT2D eigenvalue weighted by Gasteiger charge is -2.22. The highest BCUT2D eigenvalue weighted by Gasteiger charge is 2.12. The molecule has 1 aliphatic rings. The van der Waals surface area contributed by atoms with E-state index >= 15 is 0 Å². The van der Waals surface area contributed by atoms with Crippen molar-refractivity contribution < 1.29 is 14.2 Å². The molecular formula is C14H21NO3. The molecule has 0 spiro atoms. The normalized spacial score (nSPS) is 19.7. The monoisotopic (exact) mass is 251 g/mol. The van der Waals surface area contributed by atoms with Crippen LogP contribution in [0.5, 0.6) is 5.75 Å². The van der Waals surface area contributed by atoms with E-state index in [1.54, 1.807) is 0 Å². The van der Waals surface area contributed by atoms with Crippen LogP contribution in [0.2, 0.25) is 0 Å². The SMILES string of the molecule is c1ccc(OCCCNCC2CCOCO2)cc1. The number of rotatable bonds is 7. The Morgan fingerprint density at radius 3 is 2.94 bits per heavy atom. The molecule has 0 aliphatic carbocycles. The first-order valence-corrected chi connectivity index (χ1v) is 6.53. The van der Waals surface area contributed by atoms with Gasteiger partial charge in [-0.1, -0.05) is 18.2 Å². The molecule has 100 valence electrons. The van der Waals surface area contributed by atoms with E-state index in [0.29, 0.717) is 12.9 Å². The molecular weight excluding hydrogens is 230 g/mol. The van der Waals surface area contributed by atoms with E-state index in [2.05, 4.69) is 5.32 Å². The zero-order valence-corrected chi connectivity index (χ0v) is 10.6. The molecule has 18 heavy (non-hydrogen) atoms. The van der Waals surface area contributed by atoms with Gasteiger partial charge < -0.3 is 19.5 Å². The highest BCUT2D eigenvalue weighted by Crippen LogP contribution is 2.08. The smallest absolute Gasteiger partial charge is 0.147 e. The highest BCUT2D eigenvalue weighted by atomic mass is 16.7. The van der Waals surface area contributed by atoms with E-state index < -0.39 is 0 Å². The fraction of sp³-hybridized carbons (Fsp3) is 0.571. The van der Waals surface area contributed by atoms with E-state index in [1.165, 1.54) is 0 Å². The van der Waals surface area contributed by atoms with Crippen LogP contribution in [0.1, 0.15) is 12.8 Å². The van der Waals surface area contributed by atoms with Crippen LogP contribution in [-0.4, -0.2) is 39.2 Å². The minimum Gasteiger partial charge on any atom is -0.494 e. The number of hydrogen-bond acceptors (Lipinski definition) is 4. The Morgan fingerprint density at radius 1 is 1.28 bits per heavy atom. The first kappa shape index (κ1) is 13.3. The molecule has 2 rings (SSSR count). The number of para-hydroxylation sites is 1. The van der Waals surface area contributed by atoms with Gasteiger partial charge >= 0.3 is 0 Å². The molecule has 0 amide bonds. The van der Waals surface area contributed by atoms with E-state index in [4.69, 9.17) is 14.2 Å². The van der Waals surface area contributed by atoms with Crippen molar-refractivity contribution >= 4 is 0 Å². The quantitative estimate of drug-likeness (QED) is 0.750. The van der Waals surface area contributed by atoms with Crippen molar-refractivity contribution in [2.45, 2.75) is 18.9 Å². The van der Waals surface area contributed by atoms with E-state index in [-0.39, 0.29) is 0 Å². The fourth-order valence-electron chi connectivity index (χ4n) is 1.83. The summed E-state index contributed by atoms with van der Waals surface area (Å²) in [6.07, 6.45) is 2.28. The van der Waals surface area contributed by atoms with Crippen LogP contribution in [0.25, 0.3) is 0 Å². The maximum Gasteiger partial charge on any atom is 0.147 e. The molecule has 1 saturated heterocycles. The summed E-state index contributed by atoms with van der Waals surface area (Å²) in [6.45, 7) is 3.83. The van der Waals surface area contributed by atoms with Crippen LogP contribution in [0.4, 0.5) is 0 Å². The largest absolute Gasteiger partial charge is 0.494 e. The lowest BCUT2D eigenvalue weighted by molar-refractivity contribution is -0.137. The number of ether oxygens (including phenoxy) is 3. The molecule has 0 bridgehead atoms. The third-order valence-electron chi connectivity index (χ3n) is 2.85. The van der Waals surface area contributed by atoms with Crippen molar-refractivity contribution in [3.05, 3.63) is 30.3 Å².